The van der Waals surface area contributed by atoms with E-state index in [-0.39, 0.29) is 22.6 Å². The highest BCUT2D eigenvalue weighted by atomic mass is 35.5. The highest BCUT2D eigenvalue weighted by Gasteiger charge is 2.53. The molecule has 2 aliphatic rings. The summed E-state index contributed by atoms with van der Waals surface area (Å²) >= 11 is 6.47. The zero-order valence-corrected chi connectivity index (χ0v) is 17.8. The van der Waals surface area contributed by atoms with Crippen LogP contribution in [0.3, 0.4) is 0 Å². The molecular formula is C23H31ClN2O2. The summed E-state index contributed by atoms with van der Waals surface area (Å²) in [5.41, 5.74) is 6.59. The van der Waals surface area contributed by atoms with Gasteiger partial charge < -0.3 is 15.5 Å². The van der Waals surface area contributed by atoms with Crippen molar-refractivity contribution in [2.75, 3.05) is 0 Å². The second kappa shape index (κ2) is 7.07. The normalized spacial score (nSPS) is 29.2. The Bertz CT molecular complexity index is 924. The van der Waals surface area contributed by atoms with E-state index in [0.717, 1.165) is 37.0 Å². The predicted octanol–water partition coefficient (Wildman–Crippen LogP) is 5.27. The van der Waals surface area contributed by atoms with Gasteiger partial charge in [0.1, 0.15) is 11.4 Å². The van der Waals surface area contributed by atoms with E-state index >= 15 is 0 Å². The van der Waals surface area contributed by atoms with E-state index in [1.54, 1.807) is 12.3 Å². The average Bonchev–Trinajstić information content (AvgIpc) is 3.49. The number of fused-ring (bicyclic) bond motifs is 1. The Morgan fingerprint density at radius 2 is 1.89 bits per heavy atom. The summed E-state index contributed by atoms with van der Waals surface area (Å²) in [6.45, 7) is 6.67. The Hall–Kier alpha value is -1.52. The van der Waals surface area contributed by atoms with Crippen molar-refractivity contribution in [2.24, 2.45) is 23.0 Å². The summed E-state index contributed by atoms with van der Waals surface area (Å²) in [4.78, 5) is 14.7. The summed E-state index contributed by atoms with van der Waals surface area (Å²) < 4.78 is 6.47. The van der Waals surface area contributed by atoms with Crippen molar-refractivity contribution in [3.05, 3.63) is 39.8 Å². The standard InChI is InChI=1S/C23H31ClN2O2/c1-14(2)20(25)23(16-4-5-16)9-7-22(3,8-10-23)28-19-12-15-6-11-26-21(27)17(15)13-18(19)24/h6,11-14,16,20H,4-5,7-10,25H2,1-3H3,(H,26,27). The van der Waals surface area contributed by atoms with Crippen molar-refractivity contribution in [3.8, 4) is 5.75 Å². The third kappa shape index (κ3) is 3.46. The molecule has 0 radical (unpaired) electrons. The minimum absolute atomic E-state index is 0.133. The lowest BCUT2D eigenvalue weighted by Gasteiger charge is -2.49. The zero-order valence-electron chi connectivity index (χ0n) is 17.1. The largest absolute Gasteiger partial charge is 0.486 e. The number of halogens is 1. The van der Waals surface area contributed by atoms with Gasteiger partial charge in [-0.05, 0) is 86.3 Å². The maximum Gasteiger partial charge on any atom is 0.255 e. The first-order valence-corrected chi connectivity index (χ1v) is 10.9. The molecule has 1 aromatic carbocycles. The van der Waals surface area contributed by atoms with Gasteiger partial charge >= 0.3 is 0 Å². The summed E-state index contributed by atoms with van der Waals surface area (Å²) in [5.74, 6) is 1.94. The Balaban J connectivity index is 1.56. The maximum atomic E-state index is 12.0. The molecule has 1 unspecified atom stereocenters. The van der Waals surface area contributed by atoms with Crippen LogP contribution in [-0.4, -0.2) is 16.6 Å². The van der Waals surface area contributed by atoms with E-state index in [9.17, 15) is 4.79 Å². The molecular weight excluding hydrogens is 372 g/mol. The minimum Gasteiger partial charge on any atom is -0.486 e. The van der Waals surface area contributed by atoms with Crippen LogP contribution in [0.15, 0.2) is 29.2 Å². The summed E-state index contributed by atoms with van der Waals surface area (Å²) in [7, 11) is 0. The number of hydrogen-bond acceptors (Lipinski definition) is 3. The van der Waals surface area contributed by atoms with Crippen LogP contribution >= 0.6 is 11.6 Å². The van der Waals surface area contributed by atoms with Crippen LogP contribution in [0.4, 0.5) is 0 Å². The molecule has 4 nitrogen and oxygen atoms in total. The van der Waals surface area contributed by atoms with Gasteiger partial charge in [-0.2, -0.15) is 0 Å². The smallest absolute Gasteiger partial charge is 0.255 e. The van der Waals surface area contributed by atoms with Crippen molar-refractivity contribution in [2.45, 2.75) is 70.9 Å². The Labute approximate surface area is 171 Å². The number of nitrogens with one attached hydrogen (secondary N) is 1. The predicted molar refractivity (Wildman–Crippen MR) is 115 cm³/mol. The number of aromatic amines is 1. The lowest BCUT2D eigenvalue weighted by atomic mass is 9.60. The molecule has 2 saturated carbocycles. The summed E-state index contributed by atoms with van der Waals surface area (Å²) in [5, 5.41) is 1.92. The van der Waals surface area contributed by atoms with E-state index in [1.165, 1.54) is 12.8 Å². The topological polar surface area (TPSA) is 68.1 Å². The molecule has 1 aromatic heterocycles. The van der Waals surface area contributed by atoms with Crippen LogP contribution in [0, 0.1) is 17.3 Å². The van der Waals surface area contributed by atoms with Crippen LogP contribution in [0.25, 0.3) is 10.8 Å². The highest BCUT2D eigenvalue weighted by molar-refractivity contribution is 6.32. The lowest BCUT2D eigenvalue weighted by Crippen LogP contribution is -2.52. The van der Waals surface area contributed by atoms with Crippen LogP contribution in [0.2, 0.25) is 5.02 Å². The monoisotopic (exact) mass is 402 g/mol. The van der Waals surface area contributed by atoms with Gasteiger partial charge in [-0.25, -0.2) is 0 Å². The van der Waals surface area contributed by atoms with Crippen LogP contribution in [0.5, 0.6) is 5.75 Å². The second-order valence-electron chi connectivity index (χ2n) is 9.51. The van der Waals surface area contributed by atoms with Crippen LogP contribution in [-0.2, 0) is 0 Å². The number of nitrogens with two attached hydrogens (primary N) is 1. The number of ether oxygens (including phenoxy) is 1. The molecule has 2 fully saturated rings. The molecule has 0 saturated heterocycles. The molecule has 152 valence electrons. The van der Waals surface area contributed by atoms with Gasteiger partial charge in [0.15, 0.2) is 0 Å². The van der Waals surface area contributed by atoms with Gasteiger partial charge in [0.05, 0.1) is 5.02 Å². The van der Waals surface area contributed by atoms with Gasteiger partial charge in [-0.15, -0.1) is 0 Å². The van der Waals surface area contributed by atoms with Crippen LogP contribution in [0.1, 0.15) is 59.3 Å². The molecule has 1 heterocycles. The average molecular weight is 403 g/mol. The molecule has 4 rings (SSSR count). The molecule has 2 aromatic rings. The quantitative estimate of drug-likeness (QED) is 0.715. The van der Waals surface area contributed by atoms with Crippen molar-refractivity contribution >= 4 is 22.4 Å². The molecule has 28 heavy (non-hydrogen) atoms. The van der Waals surface area contributed by atoms with E-state index in [4.69, 9.17) is 22.1 Å². The van der Waals surface area contributed by atoms with E-state index in [2.05, 4.69) is 25.8 Å². The Morgan fingerprint density at radius 3 is 2.50 bits per heavy atom. The van der Waals surface area contributed by atoms with Gasteiger partial charge in [-0.3, -0.25) is 4.79 Å². The van der Waals surface area contributed by atoms with Crippen molar-refractivity contribution < 1.29 is 4.74 Å². The molecule has 0 spiro atoms. The van der Waals surface area contributed by atoms with Crippen molar-refractivity contribution in [3.63, 3.8) is 0 Å². The highest BCUT2D eigenvalue weighted by Crippen LogP contribution is 2.58. The van der Waals surface area contributed by atoms with Gasteiger partial charge in [-0.1, -0.05) is 25.4 Å². The number of aromatic nitrogens is 1. The Morgan fingerprint density at radius 1 is 1.21 bits per heavy atom. The minimum atomic E-state index is -0.256. The number of H-pyrrole nitrogens is 1. The summed E-state index contributed by atoms with van der Waals surface area (Å²) in [6.07, 6.45) is 8.48. The fraction of sp³-hybridized carbons (Fsp3) is 0.609. The molecule has 0 bridgehead atoms. The number of rotatable bonds is 5. The van der Waals surface area contributed by atoms with Crippen LogP contribution < -0.4 is 16.0 Å². The van der Waals surface area contributed by atoms with Gasteiger partial charge in [0.2, 0.25) is 0 Å². The third-order valence-corrected chi connectivity index (χ3v) is 7.49. The number of hydrogen-bond donors (Lipinski definition) is 2. The molecule has 1 atom stereocenters. The summed E-state index contributed by atoms with van der Waals surface area (Å²) in [6, 6.07) is 5.73. The fourth-order valence-electron chi connectivity index (χ4n) is 5.21. The lowest BCUT2D eigenvalue weighted by molar-refractivity contribution is -0.0241. The fourth-order valence-corrected chi connectivity index (χ4v) is 5.42. The molecule has 3 N–H and O–H groups in total. The number of benzene rings is 1. The Kier molecular flexibility index (Phi) is 4.99. The van der Waals surface area contributed by atoms with E-state index in [1.807, 2.05) is 12.1 Å². The zero-order chi connectivity index (χ0) is 20.1. The number of pyridine rings is 1. The first kappa shape index (κ1) is 19.8. The molecule has 5 heteroatoms. The van der Waals surface area contributed by atoms with Crippen molar-refractivity contribution in [1.82, 2.24) is 4.98 Å². The van der Waals surface area contributed by atoms with Gasteiger partial charge in [0.25, 0.3) is 5.56 Å². The second-order valence-corrected chi connectivity index (χ2v) is 9.91. The third-order valence-electron chi connectivity index (χ3n) is 7.19. The maximum absolute atomic E-state index is 12.0. The van der Waals surface area contributed by atoms with E-state index < -0.39 is 0 Å². The van der Waals surface area contributed by atoms with Gasteiger partial charge in [0, 0.05) is 17.6 Å². The first-order chi connectivity index (χ1) is 13.2. The SMILES string of the molecule is CC(C)C(N)C1(C2CC2)CCC(C)(Oc2cc3cc[nH]c(=O)c3cc2Cl)CC1. The van der Waals surface area contributed by atoms with E-state index in [0.29, 0.717) is 22.1 Å². The molecule has 0 amide bonds. The van der Waals surface area contributed by atoms with Crippen molar-refractivity contribution in [1.29, 1.82) is 0 Å². The molecule has 0 aliphatic heterocycles. The molecule has 2 aliphatic carbocycles. The first-order valence-electron chi connectivity index (χ1n) is 10.5.